The number of anilines is 1. The van der Waals surface area contributed by atoms with Crippen LogP contribution in [0.3, 0.4) is 0 Å². The molecule has 18 heavy (non-hydrogen) atoms. The number of rotatable bonds is 5. The number of hydrogen-bond acceptors (Lipinski definition) is 3. The van der Waals surface area contributed by atoms with Crippen molar-refractivity contribution in [2.24, 2.45) is 5.73 Å². The lowest BCUT2D eigenvalue weighted by Gasteiger charge is -2.20. The van der Waals surface area contributed by atoms with Gasteiger partial charge in [0.15, 0.2) is 0 Å². The van der Waals surface area contributed by atoms with Gasteiger partial charge in [-0.2, -0.15) is 0 Å². The monoisotopic (exact) mass is 250 g/mol. The van der Waals surface area contributed by atoms with Crippen LogP contribution in [0.4, 0.5) is 5.69 Å². The van der Waals surface area contributed by atoms with Gasteiger partial charge in [0.1, 0.15) is 0 Å². The molecule has 6 heteroatoms. The molecule has 1 aromatic carbocycles. The maximum absolute atomic E-state index is 11.4. The minimum absolute atomic E-state index is 0.0839. The molecule has 0 aliphatic rings. The highest BCUT2D eigenvalue weighted by atomic mass is 16.4. The maximum atomic E-state index is 11.4. The fraction of sp³-hybridized carbons (Fsp3) is 0.250. The quantitative estimate of drug-likeness (QED) is 0.799. The van der Waals surface area contributed by atoms with Crippen molar-refractivity contribution in [3.05, 3.63) is 29.8 Å². The van der Waals surface area contributed by atoms with E-state index in [0.717, 1.165) is 0 Å². The van der Waals surface area contributed by atoms with E-state index in [1.54, 1.807) is 12.1 Å². The minimum atomic E-state index is -0.977. The Morgan fingerprint density at radius 2 is 1.78 bits per heavy atom. The molecule has 0 spiro atoms. The number of nitrogens with zero attached hydrogens (tertiary/aromatic N) is 1. The first-order chi connectivity index (χ1) is 8.41. The summed E-state index contributed by atoms with van der Waals surface area (Å²) in [5.41, 5.74) is 5.97. The minimum Gasteiger partial charge on any atom is -0.481 e. The lowest BCUT2D eigenvalue weighted by Crippen LogP contribution is -2.30. The molecule has 2 amide bonds. The van der Waals surface area contributed by atoms with Gasteiger partial charge >= 0.3 is 5.97 Å². The predicted molar refractivity (Wildman–Crippen MR) is 65.2 cm³/mol. The number of benzene rings is 1. The van der Waals surface area contributed by atoms with Crippen LogP contribution in [-0.2, 0) is 9.59 Å². The van der Waals surface area contributed by atoms with Gasteiger partial charge < -0.3 is 15.7 Å². The van der Waals surface area contributed by atoms with Crippen molar-refractivity contribution < 1.29 is 19.5 Å². The van der Waals surface area contributed by atoms with E-state index in [2.05, 4.69) is 0 Å². The van der Waals surface area contributed by atoms with Gasteiger partial charge in [-0.25, -0.2) is 0 Å². The van der Waals surface area contributed by atoms with Crippen molar-refractivity contribution in [3.63, 3.8) is 0 Å². The summed E-state index contributed by atoms with van der Waals surface area (Å²) in [7, 11) is 0. The Hall–Kier alpha value is -2.37. The van der Waals surface area contributed by atoms with E-state index in [9.17, 15) is 14.4 Å². The summed E-state index contributed by atoms with van der Waals surface area (Å²) in [6.07, 6.45) is -0.142. The topological polar surface area (TPSA) is 101 Å². The summed E-state index contributed by atoms with van der Waals surface area (Å²) in [4.78, 5) is 34.1. The number of aliphatic carboxylic acids is 1. The highest BCUT2D eigenvalue weighted by molar-refractivity contribution is 5.95. The lowest BCUT2D eigenvalue weighted by molar-refractivity contribution is -0.136. The second kappa shape index (κ2) is 5.81. The Morgan fingerprint density at radius 3 is 2.17 bits per heavy atom. The van der Waals surface area contributed by atoms with Crippen LogP contribution >= 0.6 is 0 Å². The molecule has 3 N–H and O–H groups in total. The van der Waals surface area contributed by atoms with Crippen LogP contribution in [-0.4, -0.2) is 29.4 Å². The maximum Gasteiger partial charge on any atom is 0.305 e. The molecule has 0 aliphatic carbocycles. The molecule has 0 bridgehead atoms. The molecule has 0 fully saturated rings. The van der Waals surface area contributed by atoms with Gasteiger partial charge in [-0.05, 0) is 24.3 Å². The number of carbonyl (C=O) groups is 3. The Morgan fingerprint density at radius 1 is 1.22 bits per heavy atom. The van der Waals surface area contributed by atoms with E-state index in [-0.39, 0.29) is 18.9 Å². The molecular weight excluding hydrogens is 236 g/mol. The van der Waals surface area contributed by atoms with Crippen molar-refractivity contribution >= 4 is 23.5 Å². The van der Waals surface area contributed by atoms with Gasteiger partial charge in [-0.3, -0.25) is 14.4 Å². The van der Waals surface area contributed by atoms with E-state index < -0.39 is 11.9 Å². The van der Waals surface area contributed by atoms with Crippen molar-refractivity contribution in [1.29, 1.82) is 0 Å². The standard InChI is InChI=1S/C12H14N2O4/c1-8(15)14(7-6-11(16)17)10-4-2-9(3-5-10)12(13)18/h2-5H,6-7H2,1H3,(H2,13,18)(H,16,17). The largest absolute Gasteiger partial charge is 0.481 e. The summed E-state index contributed by atoms with van der Waals surface area (Å²) < 4.78 is 0. The van der Waals surface area contributed by atoms with Gasteiger partial charge in [0.2, 0.25) is 11.8 Å². The third kappa shape index (κ3) is 3.58. The van der Waals surface area contributed by atoms with Gasteiger partial charge in [0.05, 0.1) is 6.42 Å². The molecular formula is C12H14N2O4. The molecule has 0 heterocycles. The predicted octanol–water partition coefficient (Wildman–Crippen LogP) is 0.613. The van der Waals surface area contributed by atoms with Gasteiger partial charge in [0.25, 0.3) is 0 Å². The van der Waals surface area contributed by atoms with Crippen LogP contribution < -0.4 is 10.6 Å². The fourth-order valence-corrected chi connectivity index (χ4v) is 1.48. The SMILES string of the molecule is CC(=O)N(CCC(=O)O)c1ccc(C(N)=O)cc1. The van der Waals surface area contributed by atoms with Gasteiger partial charge in [-0.15, -0.1) is 0 Å². The summed E-state index contributed by atoms with van der Waals surface area (Å²) in [6, 6.07) is 6.11. The van der Waals surface area contributed by atoms with E-state index in [1.807, 2.05) is 0 Å². The molecule has 0 aromatic heterocycles. The molecule has 0 unspecified atom stereocenters. The molecule has 0 saturated heterocycles. The van der Waals surface area contributed by atoms with Crippen molar-refractivity contribution in [1.82, 2.24) is 0 Å². The molecule has 0 radical (unpaired) electrons. The van der Waals surface area contributed by atoms with Crippen LogP contribution in [0.25, 0.3) is 0 Å². The average Bonchev–Trinajstić information content (AvgIpc) is 2.29. The molecule has 96 valence electrons. The molecule has 1 aromatic rings. The molecule has 0 atom stereocenters. The summed E-state index contributed by atoms with van der Waals surface area (Å²) >= 11 is 0. The number of carboxylic acids is 1. The highest BCUT2D eigenvalue weighted by Gasteiger charge is 2.13. The first-order valence-electron chi connectivity index (χ1n) is 5.31. The number of nitrogens with two attached hydrogens (primary N) is 1. The van der Waals surface area contributed by atoms with Crippen molar-refractivity contribution in [2.45, 2.75) is 13.3 Å². The zero-order valence-electron chi connectivity index (χ0n) is 9.92. The zero-order valence-corrected chi connectivity index (χ0v) is 9.92. The van der Waals surface area contributed by atoms with E-state index in [1.165, 1.54) is 24.0 Å². The first kappa shape index (κ1) is 13.7. The number of carboxylic acid groups (broad SMARTS) is 1. The second-order valence-corrected chi connectivity index (χ2v) is 3.73. The van der Waals surface area contributed by atoms with E-state index >= 15 is 0 Å². The lowest BCUT2D eigenvalue weighted by atomic mass is 10.2. The third-order valence-corrected chi connectivity index (χ3v) is 2.39. The number of primary amides is 1. The number of hydrogen-bond donors (Lipinski definition) is 2. The Kier molecular flexibility index (Phi) is 4.42. The van der Waals surface area contributed by atoms with Gasteiger partial charge in [-0.1, -0.05) is 0 Å². The van der Waals surface area contributed by atoms with Crippen LogP contribution in [0.5, 0.6) is 0 Å². The summed E-state index contributed by atoms with van der Waals surface area (Å²) in [6.45, 7) is 1.43. The van der Waals surface area contributed by atoms with Crippen LogP contribution in [0.1, 0.15) is 23.7 Å². The normalized spacial score (nSPS) is 9.83. The molecule has 6 nitrogen and oxygen atoms in total. The average molecular weight is 250 g/mol. The number of amides is 2. The smallest absolute Gasteiger partial charge is 0.305 e. The van der Waals surface area contributed by atoms with Crippen LogP contribution in [0.15, 0.2) is 24.3 Å². The van der Waals surface area contributed by atoms with Crippen LogP contribution in [0.2, 0.25) is 0 Å². The zero-order chi connectivity index (χ0) is 13.7. The highest BCUT2D eigenvalue weighted by Crippen LogP contribution is 2.16. The second-order valence-electron chi connectivity index (χ2n) is 3.73. The molecule has 0 saturated carbocycles. The van der Waals surface area contributed by atoms with E-state index in [4.69, 9.17) is 10.8 Å². The van der Waals surface area contributed by atoms with Crippen molar-refractivity contribution in [3.8, 4) is 0 Å². The fourth-order valence-electron chi connectivity index (χ4n) is 1.48. The Balaban J connectivity index is 2.89. The Labute approximate surface area is 104 Å². The van der Waals surface area contributed by atoms with Gasteiger partial charge in [0, 0.05) is 24.7 Å². The summed E-state index contributed by atoms with van der Waals surface area (Å²) in [5.74, 6) is -1.79. The molecule has 0 aliphatic heterocycles. The summed E-state index contributed by atoms with van der Waals surface area (Å²) in [5, 5.41) is 8.61. The Bertz CT molecular complexity index is 467. The first-order valence-corrected chi connectivity index (χ1v) is 5.31. The van der Waals surface area contributed by atoms with Crippen LogP contribution in [0, 0.1) is 0 Å². The molecule has 1 rings (SSSR count). The third-order valence-electron chi connectivity index (χ3n) is 2.39. The number of carbonyl (C=O) groups excluding carboxylic acids is 2. The van der Waals surface area contributed by atoms with Crippen molar-refractivity contribution in [2.75, 3.05) is 11.4 Å². The van der Waals surface area contributed by atoms with E-state index in [0.29, 0.717) is 11.3 Å².